The number of carbonyl (C=O) groups excluding carboxylic acids is 1. The lowest BCUT2D eigenvalue weighted by Crippen LogP contribution is -2.16. The van der Waals surface area contributed by atoms with Crippen LogP contribution in [0.3, 0.4) is 0 Å². The molecule has 0 atom stereocenters. The summed E-state index contributed by atoms with van der Waals surface area (Å²) in [5.41, 5.74) is -2.19. The SMILES string of the molecule is O=C(Nc1ccc(Cl)cc1)c1cc([N+](=O)[O-])cc([N+](=O)[O-])c1[O-]. The second-order valence-corrected chi connectivity index (χ2v) is 4.75. The van der Waals surface area contributed by atoms with Crippen molar-refractivity contribution in [2.24, 2.45) is 0 Å². The molecule has 0 spiro atoms. The number of halogens is 1. The van der Waals surface area contributed by atoms with Crippen LogP contribution in [0.25, 0.3) is 0 Å². The third kappa shape index (κ3) is 3.52. The molecule has 118 valence electrons. The number of rotatable bonds is 4. The standard InChI is InChI=1S/C13H8ClN3O6/c14-7-1-3-8(4-2-7)15-13(19)10-5-9(16(20)21)6-11(12(10)18)17(22)23/h1-6,18H,(H,15,19)/p-1. The third-order valence-corrected chi connectivity index (χ3v) is 3.06. The van der Waals surface area contributed by atoms with E-state index in [1.54, 1.807) is 0 Å². The zero-order valence-corrected chi connectivity index (χ0v) is 11.9. The molecule has 0 aliphatic heterocycles. The van der Waals surface area contributed by atoms with Gasteiger partial charge in [-0.05, 0) is 30.0 Å². The number of carbonyl (C=O) groups is 1. The number of nitrogens with one attached hydrogen (secondary N) is 1. The van der Waals surface area contributed by atoms with E-state index in [1.165, 1.54) is 24.3 Å². The van der Waals surface area contributed by atoms with Gasteiger partial charge >= 0.3 is 0 Å². The summed E-state index contributed by atoms with van der Waals surface area (Å²) in [6.07, 6.45) is 0. The molecule has 1 N–H and O–H groups in total. The molecular formula is C13H7ClN3O6-. The molecule has 0 heterocycles. The first-order valence-electron chi connectivity index (χ1n) is 6.00. The molecule has 0 aliphatic carbocycles. The molecule has 0 bridgehead atoms. The van der Waals surface area contributed by atoms with E-state index in [9.17, 15) is 30.1 Å². The van der Waals surface area contributed by atoms with E-state index < -0.39 is 38.4 Å². The zero-order chi connectivity index (χ0) is 17.1. The van der Waals surface area contributed by atoms with Gasteiger partial charge in [-0.2, -0.15) is 0 Å². The quantitative estimate of drug-likeness (QED) is 0.672. The minimum atomic E-state index is -1.20. The summed E-state index contributed by atoms with van der Waals surface area (Å²) in [7, 11) is 0. The van der Waals surface area contributed by atoms with Crippen molar-refractivity contribution < 1.29 is 19.7 Å². The van der Waals surface area contributed by atoms with Crippen molar-refractivity contribution in [3.63, 3.8) is 0 Å². The van der Waals surface area contributed by atoms with Gasteiger partial charge in [-0.3, -0.25) is 25.0 Å². The van der Waals surface area contributed by atoms with Crippen molar-refractivity contribution in [3.05, 3.63) is 67.2 Å². The predicted octanol–water partition coefficient (Wildman–Crippen LogP) is 2.48. The maximum absolute atomic E-state index is 12.1. The molecule has 0 fully saturated rings. The summed E-state index contributed by atoms with van der Waals surface area (Å²) in [5.74, 6) is -2.20. The van der Waals surface area contributed by atoms with E-state index in [4.69, 9.17) is 11.6 Å². The van der Waals surface area contributed by atoms with Crippen LogP contribution in [0, 0.1) is 20.2 Å². The van der Waals surface area contributed by atoms with Crippen LogP contribution in [-0.2, 0) is 0 Å². The summed E-state index contributed by atoms with van der Waals surface area (Å²) in [4.78, 5) is 31.7. The number of nitro groups is 2. The molecule has 0 aromatic heterocycles. The Kier molecular flexibility index (Phi) is 4.42. The molecule has 2 aromatic carbocycles. The van der Waals surface area contributed by atoms with Gasteiger partial charge in [-0.15, -0.1) is 0 Å². The molecule has 1 amide bonds. The Morgan fingerprint density at radius 2 is 1.65 bits per heavy atom. The van der Waals surface area contributed by atoms with E-state index in [0.29, 0.717) is 17.2 Å². The summed E-state index contributed by atoms with van der Waals surface area (Å²) in [6.45, 7) is 0. The summed E-state index contributed by atoms with van der Waals surface area (Å²) < 4.78 is 0. The lowest BCUT2D eigenvalue weighted by molar-refractivity contribution is -0.403. The summed E-state index contributed by atoms with van der Waals surface area (Å²) in [6, 6.07) is 7.05. The van der Waals surface area contributed by atoms with Crippen LogP contribution in [0.15, 0.2) is 36.4 Å². The van der Waals surface area contributed by atoms with Gasteiger partial charge in [0.1, 0.15) is 0 Å². The number of anilines is 1. The molecule has 0 saturated carbocycles. The average molecular weight is 337 g/mol. The van der Waals surface area contributed by atoms with Crippen molar-refractivity contribution in [2.75, 3.05) is 5.32 Å². The predicted molar refractivity (Wildman–Crippen MR) is 78.6 cm³/mol. The number of hydrogen-bond donors (Lipinski definition) is 1. The minimum Gasteiger partial charge on any atom is -0.867 e. The fraction of sp³-hybridized carbons (Fsp3) is 0. The van der Waals surface area contributed by atoms with Gasteiger partial charge in [0.15, 0.2) is 0 Å². The average Bonchev–Trinajstić information content (AvgIpc) is 2.49. The van der Waals surface area contributed by atoms with E-state index in [1.807, 2.05) is 0 Å². The van der Waals surface area contributed by atoms with E-state index in [0.717, 1.165) is 0 Å². The fourth-order valence-corrected chi connectivity index (χ4v) is 1.87. The van der Waals surface area contributed by atoms with E-state index in [2.05, 4.69) is 5.32 Å². The molecule has 0 radical (unpaired) electrons. The second kappa shape index (κ2) is 6.28. The topological polar surface area (TPSA) is 138 Å². The molecule has 2 aromatic rings. The zero-order valence-electron chi connectivity index (χ0n) is 11.2. The van der Waals surface area contributed by atoms with Crippen LogP contribution in [-0.4, -0.2) is 15.8 Å². The first-order valence-corrected chi connectivity index (χ1v) is 6.38. The van der Waals surface area contributed by atoms with Crippen LogP contribution in [0.5, 0.6) is 5.75 Å². The highest BCUT2D eigenvalue weighted by atomic mass is 35.5. The number of hydrogen-bond acceptors (Lipinski definition) is 6. The number of amides is 1. The fourth-order valence-electron chi connectivity index (χ4n) is 1.74. The number of benzene rings is 2. The highest BCUT2D eigenvalue weighted by molar-refractivity contribution is 6.30. The monoisotopic (exact) mass is 336 g/mol. The van der Waals surface area contributed by atoms with Gasteiger partial charge in [0.05, 0.1) is 15.9 Å². The molecule has 10 heteroatoms. The van der Waals surface area contributed by atoms with Gasteiger partial charge in [0, 0.05) is 22.3 Å². The molecule has 9 nitrogen and oxygen atoms in total. The number of non-ortho nitro benzene ring substituents is 1. The Hall–Kier alpha value is -3.20. The van der Waals surface area contributed by atoms with Gasteiger partial charge < -0.3 is 10.4 Å². The second-order valence-electron chi connectivity index (χ2n) is 4.32. The van der Waals surface area contributed by atoms with E-state index in [-0.39, 0.29) is 5.69 Å². The van der Waals surface area contributed by atoms with Gasteiger partial charge in [-0.1, -0.05) is 11.6 Å². The van der Waals surface area contributed by atoms with Crippen LogP contribution in [0.4, 0.5) is 17.1 Å². The van der Waals surface area contributed by atoms with Crippen LogP contribution in [0.1, 0.15) is 10.4 Å². The number of nitro benzene ring substituents is 2. The van der Waals surface area contributed by atoms with Crippen molar-refractivity contribution in [1.82, 2.24) is 0 Å². The lowest BCUT2D eigenvalue weighted by Gasteiger charge is -2.13. The molecule has 0 aliphatic rings. The smallest absolute Gasteiger partial charge is 0.277 e. The van der Waals surface area contributed by atoms with Crippen molar-refractivity contribution in [3.8, 4) is 5.75 Å². The Labute approximate surface area is 133 Å². The normalized spacial score (nSPS) is 10.1. The maximum Gasteiger partial charge on any atom is 0.277 e. The minimum absolute atomic E-state index is 0.271. The van der Waals surface area contributed by atoms with Crippen LogP contribution < -0.4 is 10.4 Å². The van der Waals surface area contributed by atoms with Crippen molar-refractivity contribution in [2.45, 2.75) is 0 Å². The molecule has 0 unspecified atom stereocenters. The highest BCUT2D eigenvalue weighted by Crippen LogP contribution is 2.32. The molecule has 0 saturated heterocycles. The Bertz CT molecular complexity index is 806. The van der Waals surface area contributed by atoms with Crippen LogP contribution >= 0.6 is 11.6 Å². The lowest BCUT2D eigenvalue weighted by atomic mass is 10.1. The van der Waals surface area contributed by atoms with E-state index >= 15 is 0 Å². The largest absolute Gasteiger partial charge is 0.867 e. The van der Waals surface area contributed by atoms with Crippen molar-refractivity contribution >= 4 is 34.6 Å². The van der Waals surface area contributed by atoms with Gasteiger partial charge in [0.2, 0.25) is 0 Å². The first kappa shape index (κ1) is 16.2. The highest BCUT2D eigenvalue weighted by Gasteiger charge is 2.22. The Balaban J connectivity index is 2.44. The van der Waals surface area contributed by atoms with Gasteiger partial charge in [-0.25, -0.2) is 0 Å². The number of nitrogens with zero attached hydrogens (tertiary/aromatic N) is 2. The Morgan fingerprint density at radius 1 is 1.04 bits per heavy atom. The summed E-state index contributed by atoms with van der Waals surface area (Å²) in [5, 5.41) is 36.3. The third-order valence-electron chi connectivity index (χ3n) is 2.81. The molecular weight excluding hydrogens is 330 g/mol. The van der Waals surface area contributed by atoms with Gasteiger partial charge in [0.25, 0.3) is 17.3 Å². The molecule has 2 rings (SSSR count). The van der Waals surface area contributed by atoms with Crippen molar-refractivity contribution in [1.29, 1.82) is 0 Å². The maximum atomic E-state index is 12.1. The summed E-state index contributed by atoms with van der Waals surface area (Å²) >= 11 is 5.69. The Morgan fingerprint density at radius 3 is 2.17 bits per heavy atom. The first-order chi connectivity index (χ1) is 10.8. The van der Waals surface area contributed by atoms with Crippen LogP contribution in [0.2, 0.25) is 5.02 Å². The molecule has 23 heavy (non-hydrogen) atoms.